The van der Waals surface area contributed by atoms with Crippen LogP contribution in [0.15, 0.2) is 72.3 Å². The predicted octanol–water partition coefficient (Wildman–Crippen LogP) is 4.86. The van der Waals surface area contributed by atoms with Gasteiger partial charge in [-0.3, -0.25) is 14.5 Å². The van der Waals surface area contributed by atoms with Gasteiger partial charge in [0.1, 0.15) is 17.3 Å². The highest BCUT2D eigenvalue weighted by Crippen LogP contribution is 2.44. The molecule has 2 heterocycles. The lowest BCUT2D eigenvalue weighted by Gasteiger charge is -2.23. The molecule has 0 unspecified atom stereocenters. The van der Waals surface area contributed by atoms with Crippen molar-refractivity contribution in [3.63, 3.8) is 0 Å². The number of Topliss-reactive ketones (excluding diaryl/α,β-unsaturated/α-hetero) is 1. The van der Waals surface area contributed by atoms with Crippen molar-refractivity contribution in [1.82, 2.24) is 4.98 Å². The number of thiazole rings is 1. The first-order valence-corrected chi connectivity index (χ1v) is 11.8. The number of nitrogens with zero attached hydrogens (tertiary/aromatic N) is 2. The number of carbonyl (C=O) groups excluding carboxylic acids is 3. The van der Waals surface area contributed by atoms with Crippen molar-refractivity contribution in [3.05, 3.63) is 94.8 Å². The molecular formula is C27H19FN2O6S. The standard InChI is InChI=1S/C27H19FN2O6S/c1-35-18-10-7-15(8-11-18)23(31)21-22(14-3-5-16(6-4-14)26(34)36-2)30(25(33)24(21)32)27-29-19-12-9-17(28)13-20(19)37-27/h3-13,22,31H,1-2H3/b23-21+/t22-/m1/s1. The number of ether oxygens (including phenoxy) is 2. The topological polar surface area (TPSA) is 106 Å². The van der Waals surface area contributed by atoms with E-state index in [0.29, 0.717) is 27.1 Å². The van der Waals surface area contributed by atoms with E-state index in [4.69, 9.17) is 9.47 Å². The number of aliphatic hydroxyl groups is 1. The molecule has 1 fully saturated rings. The van der Waals surface area contributed by atoms with Crippen LogP contribution >= 0.6 is 11.3 Å². The number of amides is 1. The summed E-state index contributed by atoms with van der Waals surface area (Å²) in [5, 5.41) is 11.4. The van der Waals surface area contributed by atoms with Crippen molar-refractivity contribution >= 4 is 50.1 Å². The van der Waals surface area contributed by atoms with Crippen LogP contribution in [0.2, 0.25) is 0 Å². The Balaban J connectivity index is 1.69. The lowest BCUT2D eigenvalue weighted by atomic mass is 9.94. The van der Waals surface area contributed by atoms with E-state index in [9.17, 15) is 23.9 Å². The molecule has 5 rings (SSSR count). The average molecular weight is 519 g/mol. The number of anilines is 1. The van der Waals surface area contributed by atoms with Crippen LogP contribution in [0.3, 0.4) is 0 Å². The SMILES string of the molecule is COC(=O)c1ccc([C@@H]2/C(=C(\O)c3ccc(OC)cc3)C(=O)C(=O)N2c2nc3ccc(F)cc3s2)cc1. The van der Waals surface area contributed by atoms with Crippen LogP contribution < -0.4 is 9.64 Å². The molecule has 1 aliphatic rings. The van der Waals surface area contributed by atoms with E-state index in [1.807, 2.05) is 0 Å². The molecule has 0 spiro atoms. The van der Waals surface area contributed by atoms with Crippen molar-refractivity contribution in [3.8, 4) is 5.75 Å². The molecule has 0 radical (unpaired) electrons. The minimum Gasteiger partial charge on any atom is -0.507 e. The molecule has 1 atom stereocenters. The molecule has 186 valence electrons. The number of aliphatic hydroxyl groups excluding tert-OH is 1. The molecule has 10 heteroatoms. The number of rotatable bonds is 5. The van der Waals surface area contributed by atoms with Gasteiger partial charge in [0.05, 0.1) is 41.6 Å². The summed E-state index contributed by atoms with van der Waals surface area (Å²) in [7, 11) is 2.76. The monoisotopic (exact) mass is 518 g/mol. The van der Waals surface area contributed by atoms with Crippen LogP contribution in [0, 0.1) is 5.82 Å². The van der Waals surface area contributed by atoms with Crippen LogP contribution in [-0.2, 0) is 14.3 Å². The fourth-order valence-corrected chi connectivity index (χ4v) is 5.18. The molecule has 37 heavy (non-hydrogen) atoms. The van der Waals surface area contributed by atoms with E-state index in [-0.39, 0.29) is 22.0 Å². The van der Waals surface area contributed by atoms with Crippen molar-refractivity contribution in [2.24, 2.45) is 0 Å². The van der Waals surface area contributed by atoms with Crippen molar-refractivity contribution in [2.75, 3.05) is 19.1 Å². The highest BCUT2D eigenvalue weighted by atomic mass is 32.1. The number of methoxy groups -OCH3 is 2. The lowest BCUT2D eigenvalue weighted by molar-refractivity contribution is -0.132. The Morgan fingerprint density at radius 2 is 1.68 bits per heavy atom. The zero-order valence-electron chi connectivity index (χ0n) is 19.6. The number of hydrogen-bond donors (Lipinski definition) is 1. The van der Waals surface area contributed by atoms with Gasteiger partial charge in [0, 0.05) is 5.56 Å². The fraction of sp³-hybridized carbons (Fsp3) is 0.111. The number of aromatic nitrogens is 1. The number of hydrogen-bond acceptors (Lipinski definition) is 8. The Morgan fingerprint density at radius 1 is 1.00 bits per heavy atom. The highest BCUT2D eigenvalue weighted by molar-refractivity contribution is 7.22. The Hall–Kier alpha value is -4.57. The van der Waals surface area contributed by atoms with Gasteiger partial charge in [-0.25, -0.2) is 14.2 Å². The minimum absolute atomic E-state index is 0.147. The Morgan fingerprint density at radius 3 is 2.32 bits per heavy atom. The summed E-state index contributed by atoms with van der Waals surface area (Å²) in [6.45, 7) is 0. The van der Waals surface area contributed by atoms with Gasteiger partial charge in [0.25, 0.3) is 5.78 Å². The van der Waals surface area contributed by atoms with E-state index in [2.05, 4.69) is 4.98 Å². The molecule has 8 nitrogen and oxygen atoms in total. The molecular weight excluding hydrogens is 499 g/mol. The first-order valence-electron chi connectivity index (χ1n) is 11.0. The quantitative estimate of drug-likeness (QED) is 0.174. The van der Waals surface area contributed by atoms with Crippen molar-refractivity contribution in [1.29, 1.82) is 0 Å². The second-order valence-electron chi connectivity index (χ2n) is 8.12. The maximum absolute atomic E-state index is 13.8. The molecule has 0 bridgehead atoms. The number of esters is 1. The molecule has 3 aromatic carbocycles. The number of benzene rings is 3. The molecule has 4 aromatic rings. The van der Waals surface area contributed by atoms with Crippen molar-refractivity contribution < 1.29 is 33.4 Å². The molecule has 1 amide bonds. The van der Waals surface area contributed by atoms with E-state index in [1.54, 1.807) is 36.4 Å². The van der Waals surface area contributed by atoms with Gasteiger partial charge in [-0.05, 0) is 60.2 Å². The third-order valence-corrected chi connectivity index (χ3v) is 7.02. The second-order valence-corrected chi connectivity index (χ2v) is 9.13. The minimum atomic E-state index is -1.06. The third kappa shape index (κ3) is 4.21. The normalized spacial score (nSPS) is 16.8. The summed E-state index contributed by atoms with van der Waals surface area (Å²) in [4.78, 5) is 44.2. The molecule has 0 aliphatic carbocycles. The van der Waals surface area contributed by atoms with E-state index in [1.165, 1.54) is 49.5 Å². The van der Waals surface area contributed by atoms with E-state index >= 15 is 0 Å². The van der Waals surface area contributed by atoms with E-state index in [0.717, 1.165) is 11.3 Å². The van der Waals surface area contributed by atoms with Crippen molar-refractivity contribution in [2.45, 2.75) is 6.04 Å². The number of fused-ring (bicyclic) bond motifs is 1. The van der Waals surface area contributed by atoms with Gasteiger partial charge >= 0.3 is 11.9 Å². The largest absolute Gasteiger partial charge is 0.507 e. The number of ketones is 1. The van der Waals surface area contributed by atoms with Crippen LogP contribution in [0.25, 0.3) is 16.0 Å². The molecule has 1 N–H and O–H groups in total. The zero-order valence-corrected chi connectivity index (χ0v) is 20.4. The molecule has 1 aromatic heterocycles. The molecule has 1 saturated heterocycles. The van der Waals surface area contributed by atoms with E-state index < -0.39 is 29.5 Å². The van der Waals surface area contributed by atoms with Crippen LogP contribution in [0.4, 0.5) is 9.52 Å². The summed E-state index contributed by atoms with van der Waals surface area (Å²) in [5.74, 6) is -2.63. The van der Waals surface area contributed by atoms with Crippen LogP contribution in [-0.4, -0.2) is 42.0 Å². The van der Waals surface area contributed by atoms with Crippen LogP contribution in [0.1, 0.15) is 27.5 Å². The van der Waals surface area contributed by atoms with Gasteiger partial charge in [-0.1, -0.05) is 23.5 Å². The maximum atomic E-state index is 13.8. The smallest absolute Gasteiger partial charge is 0.337 e. The summed E-state index contributed by atoms with van der Waals surface area (Å²) < 4.78 is 24.2. The summed E-state index contributed by atoms with van der Waals surface area (Å²) in [5.41, 5.74) is 1.34. The summed E-state index contributed by atoms with van der Waals surface area (Å²) in [6, 6.07) is 15.5. The number of carbonyl (C=O) groups is 3. The Kier molecular flexibility index (Phi) is 6.18. The van der Waals surface area contributed by atoms with Gasteiger partial charge in [-0.15, -0.1) is 0 Å². The number of halogens is 1. The first kappa shape index (κ1) is 24.1. The zero-order chi connectivity index (χ0) is 26.3. The highest BCUT2D eigenvalue weighted by Gasteiger charge is 2.48. The molecule has 0 saturated carbocycles. The van der Waals surface area contributed by atoms with Gasteiger partial charge in [0.15, 0.2) is 5.13 Å². The molecule has 1 aliphatic heterocycles. The van der Waals surface area contributed by atoms with Gasteiger partial charge in [-0.2, -0.15) is 0 Å². The lowest BCUT2D eigenvalue weighted by Crippen LogP contribution is -2.29. The van der Waals surface area contributed by atoms with Gasteiger partial charge in [0.2, 0.25) is 0 Å². The Labute approximate surface area is 214 Å². The fourth-order valence-electron chi connectivity index (χ4n) is 4.16. The predicted molar refractivity (Wildman–Crippen MR) is 135 cm³/mol. The third-order valence-electron chi connectivity index (χ3n) is 6.00. The summed E-state index contributed by atoms with van der Waals surface area (Å²) in [6.07, 6.45) is 0. The average Bonchev–Trinajstić information content (AvgIpc) is 3.45. The maximum Gasteiger partial charge on any atom is 0.337 e. The second kappa shape index (κ2) is 9.47. The first-order chi connectivity index (χ1) is 17.8. The van der Waals surface area contributed by atoms with Gasteiger partial charge < -0.3 is 14.6 Å². The Bertz CT molecular complexity index is 1580. The summed E-state index contributed by atoms with van der Waals surface area (Å²) >= 11 is 1.05. The van der Waals surface area contributed by atoms with Crippen LogP contribution in [0.5, 0.6) is 5.75 Å².